The molecule has 1 aromatic heterocycles. The van der Waals surface area contributed by atoms with E-state index in [4.69, 9.17) is 25.8 Å². The average molecular weight is 343 g/mol. The lowest BCUT2D eigenvalue weighted by atomic mass is 10.1. The second-order valence-corrected chi connectivity index (χ2v) is 5.66. The summed E-state index contributed by atoms with van der Waals surface area (Å²) < 4.78 is 19.8. The van der Waals surface area contributed by atoms with Gasteiger partial charge in [-0.25, -0.2) is 0 Å². The number of halogens is 1. The Balaban J connectivity index is 1.90. The number of para-hydroxylation sites is 1. The van der Waals surface area contributed by atoms with E-state index < -0.39 is 0 Å². The van der Waals surface area contributed by atoms with Crippen LogP contribution in [0.15, 0.2) is 18.2 Å². The Bertz CT molecular complexity index is 648. The van der Waals surface area contributed by atoms with Gasteiger partial charge in [0.25, 0.3) is 0 Å². The molecule has 0 aliphatic rings. The quantitative estimate of drug-likeness (QED) is 0.720. The first kappa shape index (κ1) is 16.5. The fourth-order valence-electron chi connectivity index (χ4n) is 1.89. The highest BCUT2D eigenvalue weighted by Crippen LogP contribution is 2.31. The van der Waals surface area contributed by atoms with Crippen molar-refractivity contribution < 1.29 is 19.0 Å². The second-order valence-electron chi connectivity index (χ2n) is 4.31. The SMILES string of the molecule is COc1cccc(CCC(=O)OCc2nnsc2Cl)c1OC. The number of hydrogen-bond donors (Lipinski definition) is 0. The van der Waals surface area contributed by atoms with Crippen molar-refractivity contribution in [2.24, 2.45) is 0 Å². The van der Waals surface area contributed by atoms with Crippen LogP contribution in [0.2, 0.25) is 4.34 Å². The molecule has 0 aliphatic carbocycles. The van der Waals surface area contributed by atoms with Crippen molar-refractivity contribution in [3.8, 4) is 11.5 Å². The lowest BCUT2D eigenvalue weighted by Gasteiger charge is -2.12. The third-order valence-corrected chi connectivity index (χ3v) is 3.95. The van der Waals surface area contributed by atoms with Crippen molar-refractivity contribution >= 4 is 29.1 Å². The predicted octanol–water partition coefficient (Wildman–Crippen LogP) is 2.88. The third kappa shape index (κ3) is 4.08. The molecule has 0 atom stereocenters. The van der Waals surface area contributed by atoms with Crippen molar-refractivity contribution in [3.63, 3.8) is 0 Å². The summed E-state index contributed by atoms with van der Waals surface area (Å²) in [4.78, 5) is 11.8. The summed E-state index contributed by atoms with van der Waals surface area (Å²) in [6, 6.07) is 5.54. The highest BCUT2D eigenvalue weighted by atomic mass is 35.5. The van der Waals surface area contributed by atoms with Crippen LogP contribution in [0.1, 0.15) is 17.7 Å². The van der Waals surface area contributed by atoms with Crippen LogP contribution in [0, 0.1) is 0 Å². The summed E-state index contributed by atoms with van der Waals surface area (Å²) in [5, 5.41) is 3.78. The zero-order valence-electron chi connectivity index (χ0n) is 12.2. The summed E-state index contributed by atoms with van der Waals surface area (Å²) in [5.74, 6) is 0.923. The van der Waals surface area contributed by atoms with Gasteiger partial charge in [0.05, 0.1) is 14.2 Å². The number of hydrogen-bond acceptors (Lipinski definition) is 7. The van der Waals surface area contributed by atoms with Crippen LogP contribution in [-0.2, 0) is 22.6 Å². The first-order chi connectivity index (χ1) is 10.7. The van der Waals surface area contributed by atoms with Gasteiger partial charge in [0.2, 0.25) is 0 Å². The minimum atomic E-state index is -0.339. The number of carbonyl (C=O) groups is 1. The van der Waals surface area contributed by atoms with Crippen molar-refractivity contribution in [2.45, 2.75) is 19.4 Å². The molecule has 2 aromatic rings. The first-order valence-electron chi connectivity index (χ1n) is 6.48. The highest BCUT2D eigenvalue weighted by molar-refractivity contribution is 7.10. The number of ether oxygens (including phenoxy) is 3. The monoisotopic (exact) mass is 342 g/mol. The number of benzene rings is 1. The maximum absolute atomic E-state index is 11.8. The van der Waals surface area contributed by atoms with Gasteiger partial charge in [-0.05, 0) is 18.1 Å². The Morgan fingerprint density at radius 1 is 1.32 bits per heavy atom. The lowest BCUT2D eigenvalue weighted by molar-refractivity contribution is -0.145. The highest BCUT2D eigenvalue weighted by Gasteiger charge is 2.13. The molecular formula is C14H15ClN2O4S. The normalized spacial score (nSPS) is 10.3. The van der Waals surface area contributed by atoms with Crippen LogP contribution < -0.4 is 9.47 Å². The molecule has 0 spiro atoms. The average Bonchev–Trinajstić information content (AvgIpc) is 2.95. The Morgan fingerprint density at radius 2 is 2.14 bits per heavy atom. The Hall–Kier alpha value is -1.86. The second kappa shape index (κ2) is 7.95. The number of nitrogens with zero attached hydrogens (tertiary/aromatic N) is 2. The zero-order valence-corrected chi connectivity index (χ0v) is 13.7. The maximum atomic E-state index is 11.8. The molecule has 1 heterocycles. The Labute approximate surface area is 137 Å². The molecule has 1 aromatic carbocycles. The van der Waals surface area contributed by atoms with Crippen molar-refractivity contribution in [3.05, 3.63) is 33.8 Å². The molecule has 8 heteroatoms. The number of aryl methyl sites for hydroxylation is 1. The van der Waals surface area contributed by atoms with E-state index in [1.165, 1.54) is 0 Å². The van der Waals surface area contributed by atoms with Gasteiger partial charge >= 0.3 is 5.97 Å². The van der Waals surface area contributed by atoms with Crippen LogP contribution in [-0.4, -0.2) is 29.8 Å². The van der Waals surface area contributed by atoms with Gasteiger partial charge in [0.1, 0.15) is 16.6 Å². The molecule has 0 amide bonds. The van der Waals surface area contributed by atoms with E-state index in [9.17, 15) is 4.79 Å². The van der Waals surface area contributed by atoms with Gasteiger partial charge in [0.15, 0.2) is 11.5 Å². The van der Waals surface area contributed by atoms with E-state index in [0.29, 0.717) is 28.0 Å². The molecule has 0 N–H and O–H groups in total. The summed E-state index contributed by atoms with van der Waals surface area (Å²) in [6.45, 7) is 0.0312. The van der Waals surface area contributed by atoms with Crippen LogP contribution in [0.25, 0.3) is 0 Å². The van der Waals surface area contributed by atoms with Gasteiger partial charge in [0, 0.05) is 18.0 Å². The zero-order chi connectivity index (χ0) is 15.9. The number of rotatable bonds is 7. The van der Waals surface area contributed by atoms with Gasteiger partial charge in [-0.2, -0.15) is 0 Å². The van der Waals surface area contributed by atoms with E-state index in [-0.39, 0.29) is 19.0 Å². The van der Waals surface area contributed by atoms with Crippen LogP contribution in [0.4, 0.5) is 0 Å². The van der Waals surface area contributed by atoms with E-state index in [1.807, 2.05) is 12.1 Å². The minimum Gasteiger partial charge on any atom is -0.493 e. The van der Waals surface area contributed by atoms with E-state index in [1.54, 1.807) is 20.3 Å². The largest absolute Gasteiger partial charge is 0.493 e. The standard InChI is InChI=1S/C14H15ClN2O4S/c1-19-11-5-3-4-9(13(11)20-2)6-7-12(18)21-8-10-14(15)22-17-16-10/h3-5H,6-8H2,1-2H3. The molecule has 0 unspecified atom stereocenters. The lowest BCUT2D eigenvalue weighted by Crippen LogP contribution is -2.07. The summed E-state index contributed by atoms with van der Waals surface area (Å²) in [7, 11) is 3.14. The Morgan fingerprint density at radius 3 is 2.77 bits per heavy atom. The predicted molar refractivity (Wildman–Crippen MR) is 82.6 cm³/mol. The topological polar surface area (TPSA) is 70.5 Å². The van der Waals surface area contributed by atoms with Crippen LogP contribution in [0.5, 0.6) is 11.5 Å². The number of esters is 1. The van der Waals surface area contributed by atoms with Gasteiger partial charge < -0.3 is 14.2 Å². The van der Waals surface area contributed by atoms with E-state index in [2.05, 4.69) is 9.59 Å². The fraction of sp³-hybridized carbons (Fsp3) is 0.357. The van der Waals surface area contributed by atoms with Crippen LogP contribution in [0.3, 0.4) is 0 Å². The van der Waals surface area contributed by atoms with Crippen LogP contribution >= 0.6 is 23.1 Å². The number of carbonyl (C=O) groups excluding carboxylic acids is 1. The molecule has 2 rings (SSSR count). The van der Waals surface area contributed by atoms with E-state index >= 15 is 0 Å². The fourth-order valence-corrected chi connectivity index (χ4v) is 2.49. The van der Waals surface area contributed by atoms with Gasteiger partial charge in [-0.15, -0.1) is 5.10 Å². The van der Waals surface area contributed by atoms with Crippen molar-refractivity contribution in [2.75, 3.05) is 14.2 Å². The molecule has 118 valence electrons. The van der Waals surface area contributed by atoms with E-state index in [0.717, 1.165) is 17.1 Å². The summed E-state index contributed by atoms with van der Waals surface area (Å²) >= 11 is 6.90. The molecule has 0 aliphatic heterocycles. The molecule has 0 fully saturated rings. The maximum Gasteiger partial charge on any atom is 0.306 e. The summed E-state index contributed by atoms with van der Waals surface area (Å²) in [6.07, 6.45) is 0.709. The molecule has 0 bridgehead atoms. The molecule has 22 heavy (non-hydrogen) atoms. The van der Waals surface area contributed by atoms with Crippen molar-refractivity contribution in [1.29, 1.82) is 0 Å². The molecule has 0 saturated heterocycles. The first-order valence-corrected chi connectivity index (χ1v) is 7.63. The molecule has 0 radical (unpaired) electrons. The Kier molecular flexibility index (Phi) is 5.97. The molecule has 6 nitrogen and oxygen atoms in total. The molecule has 0 saturated carbocycles. The third-order valence-electron chi connectivity index (χ3n) is 2.96. The number of methoxy groups -OCH3 is 2. The molecular weight excluding hydrogens is 328 g/mol. The summed E-state index contributed by atoms with van der Waals surface area (Å²) in [5.41, 5.74) is 1.35. The minimum absolute atomic E-state index is 0.0312. The smallest absolute Gasteiger partial charge is 0.306 e. The van der Waals surface area contributed by atoms with Gasteiger partial charge in [-0.3, -0.25) is 4.79 Å². The van der Waals surface area contributed by atoms with Gasteiger partial charge in [-0.1, -0.05) is 28.2 Å². The van der Waals surface area contributed by atoms with Crippen molar-refractivity contribution in [1.82, 2.24) is 9.59 Å². The number of aromatic nitrogens is 2.